The zero-order valence-electron chi connectivity index (χ0n) is 17.7. The molecule has 4 rings (SSSR count). The number of aryl methyl sites for hydroxylation is 1. The molecule has 2 aliphatic rings. The number of nitrogens with one attached hydrogen (secondary N) is 1. The van der Waals surface area contributed by atoms with Crippen molar-refractivity contribution in [2.75, 3.05) is 17.5 Å². The van der Waals surface area contributed by atoms with E-state index in [1.54, 1.807) is 6.92 Å². The Morgan fingerprint density at radius 2 is 1.90 bits per heavy atom. The molecule has 2 aliphatic heterocycles. The van der Waals surface area contributed by atoms with E-state index in [0.717, 1.165) is 58.5 Å². The summed E-state index contributed by atoms with van der Waals surface area (Å²) in [7, 11) is -1.40. The molecule has 0 radical (unpaired) electrons. The largest absolute Gasteiger partial charge is 0.489 e. The second-order valence-corrected chi connectivity index (χ2v) is 9.86. The number of fused-ring (bicyclic) bond motifs is 2. The molecule has 0 bridgehead atoms. The van der Waals surface area contributed by atoms with Crippen LogP contribution in [0.25, 0.3) is 11.3 Å². The molecule has 158 valence electrons. The van der Waals surface area contributed by atoms with Crippen LogP contribution in [0.4, 0.5) is 5.69 Å². The quantitative estimate of drug-likeness (QED) is 0.745. The first-order valence-corrected chi connectivity index (χ1v) is 12.1. The first kappa shape index (κ1) is 20.5. The maximum atomic E-state index is 12.2. The fourth-order valence-corrected chi connectivity index (χ4v) is 4.69. The van der Waals surface area contributed by atoms with Crippen LogP contribution in [0.3, 0.4) is 0 Å². The first-order chi connectivity index (χ1) is 14.3. The lowest BCUT2D eigenvalue weighted by Gasteiger charge is -2.32. The molecule has 30 heavy (non-hydrogen) atoms. The van der Waals surface area contributed by atoms with Gasteiger partial charge < -0.3 is 9.64 Å². The van der Waals surface area contributed by atoms with Crippen LogP contribution in [0, 0.1) is 0 Å². The molecular formula is C24H28N2O3S. The van der Waals surface area contributed by atoms with E-state index >= 15 is 0 Å². The van der Waals surface area contributed by atoms with Gasteiger partial charge in [-0.25, -0.2) is 8.42 Å². The molecular weight excluding hydrogens is 396 g/mol. The predicted octanol–water partition coefficient (Wildman–Crippen LogP) is 4.86. The van der Waals surface area contributed by atoms with E-state index in [4.69, 9.17) is 4.74 Å². The van der Waals surface area contributed by atoms with Gasteiger partial charge in [-0.1, -0.05) is 37.8 Å². The van der Waals surface area contributed by atoms with E-state index in [-0.39, 0.29) is 11.9 Å². The van der Waals surface area contributed by atoms with Crippen molar-refractivity contribution in [3.05, 3.63) is 71.4 Å². The van der Waals surface area contributed by atoms with Gasteiger partial charge >= 0.3 is 0 Å². The zero-order chi connectivity index (χ0) is 21.5. The van der Waals surface area contributed by atoms with Crippen LogP contribution >= 0.6 is 0 Å². The summed E-state index contributed by atoms with van der Waals surface area (Å²) in [6.45, 7) is 7.98. The van der Waals surface area contributed by atoms with Crippen molar-refractivity contribution in [3.63, 3.8) is 0 Å². The molecule has 1 N–H and O–H groups in total. The maximum Gasteiger partial charge on any atom is 0.232 e. The fraction of sp³-hybridized carbons (Fsp3) is 0.333. The molecule has 6 heteroatoms. The monoisotopic (exact) mass is 424 g/mol. The van der Waals surface area contributed by atoms with Crippen LogP contribution in [0.15, 0.2) is 49.2 Å². The standard InChI is InChI=1S/C24H28N2O3S/c1-5-19-12-11-17-13-18(25-30(27,28)6-2)14-22(24(17)29-19)23-15-26(4)16(3)20-9-7-8-10-21(20)23/h7-10,13-15,19,25H,3,5-6,11-12H2,1-2,4H3. The Kier molecular flexibility index (Phi) is 5.36. The van der Waals surface area contributed by atoms with Crippen LogP contribution in [-0.2, 0) is 16.4 Å². The van der Waals surface area contributed by atoms with Crippen LogP contribution in [0.5, 0.6) is 5.75 Å². The molecule has 2 aromatic rings. The average molecular weight is 425 g/mol. The van der Waals surface area contributed by atoms with Gasteiger partial charge in [-0.3, -0.25) is 4.72 Å². The van der Waals surface area contributed by atoms with Crippen molar-refractivity contribution in [3.8, 4) is 5.75 Å². The highest BCUT2D eigenvalue weighted by Gasteiger charge is 2.28. The van der Waals surface area contributed by atoms with Crippen molar-refractivity contribution in [1.29, 1.82) is 0 Å². The van der Waals surface area contributed by atoms with E-state index in [1.807, 2.05) is 36.2 Å². The molecule has 0 spiro atoms. The number of nitrogens with zero attached hydrogens (tertiary/aromatic N) is 1. The summed E-state index contributed by atoms with van der Waals surface area (Å²) in [6.07, 6.45) is 4.95. The van der Waals surface area contributed by atoms with Gasteiger partial charge in [0, 0.05) is 41.3 Å². The van der Waals surface area contributed by atoms with E-state index in [0.29, 0.717) is 5.69 Å². The topological polar surface area (TPSA) is 58.6 Å². The maximum absolute atomic E-state index is 12.2. The summed E-state index contributed by atoms with van der Waals surface area (Å²) in [4.78, 5) is 2.01. The van der Waals surface area contributed by atoms with Crippen LogP contribution in [0.2, 0.25) is 0 Å². The Morgan fingerprint density at radius 1 is 1.17 bits per heavy atom. The minimum absolute atomic E-state index is 0.0297. The third kappa shape index (κ3) is 3.72. The lowest BCUT2D eigenvalue weighted by molar-refractivity contribution is 0.169. The third-order valence-electron chi connectivity index (χ3n) is 5.86. The van der Waals surface area contributed by atoms with Gasteiger partial charge in [0.2, 0.25) is 10.0 Å². The number of anilines is 1. The minimum atomic E-state index is -3.38. The normalized spacial score (nSPS) is 18.2. The number of ether oxygens (including phenoxy) is 1. The summed E-state index contributed by atoms with van der Waals surface area (Å²) in [5, 5.41) is 0. The number of rotatable bonds is 5. The van der Waals surface area contributed by atoms with E-state index in [2.05, 4.69) is 36.6 Å². The highest BCUT2D eigenvalue weighted by molar-refractivity contribution is 7.92. The molecule has 0 saturated carbocycles. The summed E-state index contributed by atoms with van der Waals surface area (Å²) in [5.74, 6) is 0.886. The Labute approximate surface area is 179 Å². The van der Waals surface area contributed by atoms with E-state index in [1.165, 1.54) is 0 Å². The minimum Gasteiger partial charge on any atom is -0.489 e. The number of benzene rings is 2. The van der Waals surface area contributed by atoms with Crippen molar-refractivity contribution in [2.24, 2.45) is 0 Å². The SMILES string of the molecule is C=C1c2ccccc2C(c2cc(NS(=O)(=O)CC)cc3c2OC(CC)CC3)=CN1C. The number of hydrogen-bond donors (Lipinski definition) is 1. The highest BCUT2D eigenvalue weighted by atomic mass is 32.2. The van der Waals surface area contributed by atoms with Gasteiger partial charge in [-0.15, -0.1) is 0 Å². The second kappa shape index (κ2) is 7.84. The Balaban J connectivity index is 1.92. The molecule has 1 atom stereocenters. The molecule has 2 heterocycles. The summed E-state index contributed by atoms with van der Waals surface area (Å²) in [6, 6.07) is 12.0. The molecule has 0 fully saturated rings. The first-order valence-electron chi connectivity index (χ1n) is 10.4. The van der Waals surface area contributed by atoms with Crippen LogP contribution in [0.1, 0.15) is 48.9 Å². The summed E-state index contributed by atoms with van der Waals surface area (Å²) in [5.41, 5.74) is 6.59. The number of sulfonamides is 1. The third-order valence-corrected chi connectivity index (χ3v) is 7.17. The predicted molar refractivity (Wildman–Crippen MR) is 123 cm³/mol. The summed E-state index contributed by atoms with van der Waals surface area (Å²) < 4.78 is 33.6. The molecule has 5 nitrogen and oxygen atoms in total. The van der Waals surface area contributed by atoms with Gasteiger partial charge in [0.05, 0.1) is 11.9 Å². The average Bonchev–Trinajstić information content (AvgIpc) is 2.75. The van der Waals surface area contributed by atoms with Gasteiger partial charge in [0.1, 0.15) is 5.75 Å². The van der Waals surface area contributed by atoms with E-state index in [9.17, 15) is 8.42 Å². The molecule has 0 saturated heterocycles. The molecule has 2 aromatic carbocycles. The summed E-state index contributed by atoms with van der Waals surface area (Å²) >= 11 is 0. The molecule has 0 amide bonds. The van der Waals surface area contributed by atoms with E-state index < -0.39 is 10.0 Å². The zero-order valence-corrected chi connectivity index (χ0v) is 18.6. The number of hydrogen-bond acceptors (Lipinski definition) is 4. The Hall–Kier alpha value is -2.73. The van der Waals surface area contributed by atoms with Gasteiger partial charge in [-0.05, 0) is 49.4 Å². The molecule has 1 unspecified atom stereocenters. The Bertz CT molecular complexity index is 1140. The van der Waals surface area contributed by atoms with Gasteiger partial charge in [0.15, 0.2) is 0 Å². The molecule has 0 aliphatic carbocycles. The second-order valence-electron chi connectivity index (χ2n) is 7.85. The Morgan fingerprint density at radius 3 is 2.60 bits per heavy atom. The highest BCUT2D eigenvalue weighted by Crippen LogP contribution is 2.44. The lowest BCUT2D eigenvalue weighted by atomic mass is 9.87. The smallest absolute Gasteiger partial charge is 0.232 e. The van der Waals surface area contributed by atoms with Gasteiger partial charge in [-0.2, -0.15) is 0 Å². The van der Waals surface area contributed by atoms with Crippen LogP contribution < -0.4 is 9.46 Å². The van der Waals surface area contributed by atoms with Crippen molar-refractivity contribution in [2.45, 2.75) is 39.2 Å². The van der Waals surface area contributed by atoms with Crippen molar-refractivity contribution >= 4 is 27.0 Å². The fourth-order valence-electron chi connectivity index (χ4n) is 4.07. The van der Waals surface area contributed by atoms with Crippen molar-refractivity contribution in [1.82, 2.24) is 4.90 Å². The lowest BCUT2D eigenvalue weighted by Crippen LogP contribution is -2.24. The van der Waals surface area contributed by atoms with Gasteiger partial charge in [0.25, 0.3) is 0 Å². The molecule has 0 aromatic heterocycles. The van der Waals surface area contributed by atoms with Crippen LogP contribution in [-0.4, -0.2) is 32.2 Å². The van der Waals surface area contributed by atoms with Crippen molar-refractivity contribution < 1.29 is 13.2 Å².